The van der Waals surface area contributed by atoms with Crippen molar-refractivity contribution >= 4 is 29.9 Å². The van der Waals surface area contributed by atoms with Crippen molar-refractivity contribution in [1.29, 1.82) is 0 Å². The van der Waals surface area contributed by atoms with Gasteiger partial charge >= 0.3 is 0 Å². The molecular formula is C21H34IN5O2. The fourth-order valence-electron chi connectivity index (χ4n) is 2.89. The summed E-state index contributed by atoms with van der Waals surface area (Å²) in [6.45, 7) is 8.56. The normalized spacial score (nSPS) is 12.4. The van der Waals surface area contributed by atoms with E-state index in [9.17, 15) is 0 Å². The summed E-state index contributed by atoms with van der Waals surface area (Å²) < 4.78 is 12.8. The molecule has 0 aliphatic carbocycles. The van der Waals surface area contributed by atoms with Crippen molar-refractivity contribution in [3.8, 4) is 11.4 Å². The Balaban J connectivity index is 0.00000420. The first-order chi connectivity index (χ1) is 13.6. The number of nitrogens with zero attached hydrogens (tertiary/aromatic N) is 3. The molecule has 0 saturated heterocycles. The number of guanidine groups is 1. The van der Waals surface area contributed by atoms with Crippen LogP contribution in [0.25, 0.3) is 5.69 Å². The highest BCUT2D eigenvalue weighted by Gasteiger charge is 2.13. The van der Waals surface area contributed by atoms with Crippen LogP contribution in [0, 0.1) is 5.92 Å². The zero-order chi connectivity index (χ0) is 20.4. The molecule has 0 saturated carbocycles. The Bertz CT molecular complexity index is 731. The number of aliphatic imine (C=N–C) groups is 1. The maximum Gasteiger partial charge on any atom is 0.191 e. The van der Waals surface area contributed by atoms with E-state index in [1.54, 1.807) is 14.2 Å². The molecule has 1 atom stereocenters. The van der Waals surface area contributed by atoms with Gasteiger partial charge in [0.2, 0.25) is 0 Å². The predicted octanol–water partition coefficient (Wildman–Crippen LogP) is 3.62. The van der Waals surface area contributed by atoms with Gasteiger partial charge in [0.1, 0.15) is 5.75 Å². The average Bonchev–Trinajstić information content (AvgIpc) is 3.18. The first kappa shape index (κ1) is 25.2. The molecule has 2 aromatic rings. The molecule has 1 aromatic carbocycles. The smallest absolute Gasteiger partial charge is 0.191 e. The van der Waals surface area contributed by atoms with Gasteiger partial charge < -0.3 is 20.1 Å². The van der Waals surface area contributed by atoms with Crippen molar-refractivity contribution in [3.05, 3.63) is 42.2 Å². The number of halogens is 1. The lowest BCUT2D eigenvalue weighted by atomic mass is 10.0. The lowest BCUT2D eigenvalue weighted by Gasteiger charge is -2.21. The quantitative estimate of drug-likeness (QED) is 0.288. The lowest BCUT2D eigenvalue weighted by molar-refractivity contribution is 0.0258. The van der Waals surface area contributed by atoms with Crippen molar-refractivity contribution < 1.29 is 9.47 Å². The summed E-state index contributed by atoms with van der Waals surface area (Å²) in [5, 5.41) is 11.3. The van der Waals surface area contributed by atoms with E-state index in [2.05, 4.69) is 34.6 Å². The summed E-state index contributed by atoms with van der Waals surface area (Å²) in [7, 11) is 3.43. The van der Waals surface area contributed by atoms with E-state index < -0.39 is 0 Å². The van der Waals surface area contributed by atoms with Crippen LogP contribution >= 0.6 is 24.0 Å². The highest BCUT2D eigenvalue weighted by atomic mass is 127. The number of rotatable bonds is 10. The number of methoxy groups -OCH3 is 1. The van der Waals surface area contributed by atoms with E-state index in [0.29, 0.717) is 12.5 Å². The third kappa shape index (κ3) is 8.22. The molecule has 0 radical (unpaired) electrons. The van der Waals surface area contributed by atoms with Gasteiger partial charge in [0.25, 0.3) is 0 Å². The van der Waals surface area contributed by atoms with Gasteiger partial charge in [0.05, 0.1) is 31.1 Å². The van der Waals surface area contributed by atoms with Crippen LogP contribution in [0.4, 0.5) is 0 Å². The SMILES string of the molecule is CCOC(CCNC(=NC)NCc1ccn(-c2ccc(OC)cc2)n1)C(C)C.I. The molecule has 8 heteroatoms. The fraction of sp³-hybridized carbons (Fsp3) is 0.524. The number of nitrogens with one attached hydrogen (secondary N) is 2. The Morgan fingerprint density at radius 3 is 2.48 bits per heavy atom. The van der Waals surface area contributed by atoms with Gasteiger partial charge in [-0.15, -0.1) is 24.0 Å². The van der Waals surface area contributed by atoms with Crippen LogP contribution in [0.5, 0.6) is 5.75 Å². The minimum atomic E-state index is 0. The second-order valence-electron chi connectivity index (χ2n) is 6.83. The van der Waals surface area contributed by atoms with Crippen LogP contribution in [0.1, 0.15) is 32.9 Å². The topological polar surface area (TPSA) is 72.7 Å². The van der Waals surface area contributed by atoms with Gasteiger partial charge in [-0.05, 0) is 49.6 Å². The standard InChI is InChI=1S/C21H33N5O2.HI/c1-6-28-20(16(2)3)11-13-23-21(22-4)24-15-17-12-14-26(25-17)18-7-9-19(27-5)10-8-18;/h7-10,12,14,16,20H,6,11,13,15H2,1-5H3,(H2,22,23,24);1H. The van der Waals surface area contributed by atoms with Crippen LogP contribution < -0.4 is 15.4 Å². The summed E-state index contributed by atoms with van der Waals surface area (Å²) >= 11 is 0. The van der Waals surface area contributed by atoms with Gasteiger partial charge in [0.15, 0.2) is 5.96 Å². The third-order valence-electron chi connectivity index (χ3n) is 4.49. The Morgan fingerprint density at radius 2 is 1.90 bits per heavy atom. The van der Waals surface area contributed by atoms with Crippen molar-refractivity contribution in [2.45, 2.75) is 39.8 Å². The Labute approximate surface area is 191 Å². The number of hydrogen-bond acceptors (Lipinski definition) is 4. The van der Waals surface area contributed by atoms with Gasteiger partial charge in [-0.1, -0.05) is 13.8 Å². The van der Waals surface area contributed by atoms with Gasteiger partial charge in [-0.3, -0.25) is 4.99 Å². The van der Waals surface area contributed by atoms with Crippen molar-refractivity contribution in [2.75, 3.05) is 27.3 Å². The summed E-state index contributed by atoms with van der Waals surface area (Å²) in [4.78, 5) is 4.28. The second kappa shape index (κ2) is 13.4. The molecule has 1 unspecified atom stereocenters. The number of benzene rings is 1. The summed E-state index contributed by atoms with van der Waals surface area (Å²) in [6.07, 6.45) is 3.15. The molecule has 0 fully saturated rings. The maximum absolute atomic E-state index is 5.79. The molecule has 29 heavy (non-hydrogen) atoms. The van der Waals surface area contributed by atoms with Crippen LogP contribution in [0.2, 0.25) is 0 Å². The van der Waals surface area contributed by atoms with E-state index in [1.165, 1.54) is 0 Å². The van der Waals surface area contributed by atoms with E-state index in [-0.39, 0.29) is 30.1 Å². The second-order valence-corrected chi connectivity index (χ2v) is 6.83. The molecule has 0 aliphatic heterocycles. The highest BCUT2D eigenvalue weighted by Crippen LogP contribution is 2.14. The summed E-state index contributed by atoms with van der Waals surface area (Å²) in [6, 6.07) is 9.80. The van der Waals surface area contributed by atoms with Crippen LogP contribution in [0.15, 0.2) is 41.5 Å². The minimum absolute atomic E-state index is 0. The Hall–Kier alpha value is -1.81. The number of aromatic nitrogens is 2. The van der Waals surface area contributed by atoms with Gasteiger partial charge in [-0.25, -0.2) is 4.68 Å². The maximum atomic E-state index is 5.79. The van der Waals surface area contributed by atoms with Crippen LogP contribution in [0.3, 0.4) is 0 Å². The molecule has 1 aromatic heterocycles. The fourth-order valence-corrected chi connectivity index (χ4v) is 2.89. The Morgan fingerprint density at radius 1 is 1.17 bits per heavy atom. The summed E-state index contributed by atoms with van der Waals surface area (Å²) in [5.41, 5.74) is 1.93. The minimum Gasteiger partial charge on any atom is -0.497 e. The van der Waals surface area contributed by atoms with E-state index >= 15 is 0 Å². The molecule has 162 valence electrons. The summed E-state index contributed by atoms with van der Waals surface area (Å²) in [5.74, 6) is 2.09. The molecule has 1 heterocycles. The molecule has 2 rings (SSSR count). The molecule has 7 nitrogen and oxygen atoms in total. The van der Waals surface area contributed by atoms with E-state index in [0.717, 1.165) is 42.7 Å². The molecule has 0 spiro atoms. The Kier molecular flexibility index (Phi) is 11.7. The zero-order valence-corrected chi connectivity index (χ0v) is 20.3. The lowest BCUT2D eigenvalue weighted by Crippen LogP contribution is -2.39. The molecule has 2 N–H and O–H groups in total. The molecule has 0 bridgehead atoms. The molecular weight excluding hydrogens is 481 g/mol. The van der Waals surface area contributed by atoms with Gasteiger partial charge in [0, 0.05) is 26.4 Å². The van der Waals surface area contributed by atoms with Crippen molar-refractivity contribution in [1.82, 2.24) is 20.4 Å². The van der Waals surface area contributed by atoms with Gasteiger partial charge in [-0.2, -0.15) is 5.10 Å². The monoisotopic (exact) mass is 515 g/mol. The molecule has 0 aliphatic rings. The third-order valence-corrected chi connectivity index (χ3v) is 4.49. The zero-order valence-electron chi connectivity index (χ0n) is 18.0. The van der Waals surface area contributed by atoms with Crippen molar-refractivity contribution in [3.63, 3.8) is 0 Å². The predicted molar refractivity (Wildman–Crippen MR) is 129 cm³/mol. The number of ether oxygens (including phenoxy) is 2. The average molecular weight is 515 g/mol. The highest BCUT2D eigenvalue weighted by molar-refractivity contribution is 14.0. The van der Waals surface area contributed by atoms with E-state index in [4.69, 9.17) is 9.47 Å². The van der Waals surface area contributed by atoms with Crippen LogP contribution in [-0.4, -0.2) is 49.2 Å². The van der Waals surface area contributed by atoms with E-state index in [1.807, 2.05) is 48.1 Å². The first-order valence-corrected chi connectivity index (χ1v) is 9.82. The number of hydrogen-bond donors (Lipinski definition) is 2. The molecule has 0 amide bonds. The largest absolute Gasteiger partial charge is 0.497 e. The van der Waals surface area contributed by atoms with Crippen molar-refractivity contribution in [2.24, 2.45) is 10.9 Å². The first-order valence-electron chi connectivity index (χ1n) is 9.82. The van der Waals surface area contributed by atoms with Crippen LogP contribution in [-0.2, 0) is 11.3 Å².